The number of hydrogen-bond donors (Lipinski definition) is 1. The van der Waals surface area contributed by atoms with Gasteiger partial charge in [0.1, 0.15) is 11.7 Å². The van der Waals surface area contributed by atoms with E-state index in [2.05, 4.69) is 39.1 Å². The fraction of sp³-hybridized carbons (Fsp3) is 0.450. The normalized spacial score (nSPS) is 19.2. The molecule has 0 saturated carbocycles. The molecule has 2 aromatic rings. The summed E-state index contributed by atoms with van der Waals surface area (Å²) in [5.41, 5.74) is 1.99. The molecule has 2 fully saturated rings. The molecule has 4 rings (SSSR count). The number of nitrogens with one attached hydrogen (secondary N) is 1. The summed E-state index contributed by atoms with van der Waals surface area (Å²) in [5.74, 6) is 2.00. The Morgan fingerprint density at radius 2 is 1.84 bits per heavy atom. The number of para-hydroxylation sites is 1. The van der Waals surface area contributed by atoms with Gasteiger partial charge in [0.05, 0.1) is 11.2 Å². The Kier molecular flexibility index (Phi) is 4.38. The molecule has 2 aliphatic rings. The number of benzene rings is 1. The Hall–Kier alpha value is -2.43. The van der Waals surface area contributed by atoms with E-state index in [-0.39, 0.29) is 0 Å². The SMILES string of the molecule is CN=C(C(=N)N1CCCCC1)C1CN(c2ccc3ccccc3n2)C1. The van der Waals surface area contributed by atoms with Gasteiger partial charge in [0.2, 0.25) is 0 Å². The molecule has 0 atom stereocenters. The van der Waals surface area contributed by atoms with Crippen molar-refractivity contribution in [2.75, 3.05) is 38.1 Å². The average Bonchev–Trinajstić information content (AvgIpc) is 2.64. The van der Waals surface area contributed by atoms with Gasteiger partial charge < -0.3 is 9.80 Å². The van der Waals surface area contributed by atoms with Gasteiger partial charge in [-0.25, -0.2) is 4.98 Å². The molecule has 25 heavy (non-hydrogen) atoms. The highest BCUT2D eigenvalue weighted by molar-refractivity contribution is 6.41. The minimum absolute atomic E-state index is 0.340. The minimum Gasteiger partial charge on any atom is -0.356 e. The molecule has 1 aromatic heterocycles. The molecule has 0 amide bonds. The predicted octanol–water partition coefficient (Wildman–Crippen LogP) is 3.20. The molecule has 1 N–H and O–H groups in total. The Morgan fingerprint density at radius 3 is 2.60 bits per heavy atom. The highest BCUT2D eigenvalue weighted by atomic mass is 15.3. The van der Waals surface area contributed by atoms with Crippen LogP contribution in [0, 0.1) is 11.3 Å². The standard InChI is InChI=1S/C20H25N5/c1-22-19(20(21)24-11-5-2-6-12-24)16-13-25(14-16)18-10-9-15-7-3-4-8-17(15)23-18/h3-4,7-10,16,21H,2,5-6,11-14H2,1H3. The third-order valence-corrected chi connectivity index (χ3v) is 5.33. The summed E-state index contributed by atoms with van der Waals surface area (Å²) >= 11 is 0. The van der Waals surface area contributed by atoms with Crippen molar-refractivity contribution < 1.29 is 0 Å². The number of aliphatic imine (C=N–C) groups is 1. The van der Waals surface area contributed by atoms with Gasteiger partial charge in [0.15, 0.2) is 0 Å². The number of fused-ring (bicyclic) bond motifs is 1. The first-order valence-electron chi connectivity index (χ1n) is 9.17. The van der Waals surface area contributed by atoms with Crippen LogP contribution in [0.3, 0.4) is 0 Å². The molecule has 0 radical (unpaired) electrons. The average molecular weight is 335 g/mol. The van der Waals surface area contributed by atoms with Gasteiger partial charge in [0, 0.05) is 44.5 Å². The molecule has 0 spiro atoms. The van der Waals surface area contributed by atoms with Gasteiger partial charge in [-0.1, -0.05) is 18.2 Å². The maximum Gasteiger partial charge on any atom is 0.142 e. The van der Waals surface area contributed by atoms with Gasteiger partial charge in [-0.15, -0.1) is 0 Å². The van der Waals surface area contributed by atoms with E-state index in [0.29, 0.717) is 11.8 Å². The van der Waals surface area contributed by atoms with Crippen LogP contribution in [-0.2, 0) is 0 Å². The zero-order valence-corrected chi connectivity index (χ0v) is 14.8. The Balaban J connectivity index is 1.43. The molecular formula is C20H25N5. The van der Waals surface area contributed by atoms with Gasteiger partial charge in [-0.05, 0) is 37.5 Å². The van der Waals surface area contributed by atoms with E-state index in [4.69, 9.17) is 10.4 Å². The van der Waals surface area contributed by atoms with Crippen molar-refractivity contribution in [3.63, 3.8) is 0 Å². The summed E-state index contributed by atoms with van der Waals surface area (Å²) in [6, 6.07) is 12.4. The largest absolute Gasteiger partial charge is 0.356 e. The first kappa shape index (κ1) is 16.1. The number of anilines is 1. The van der Waals surface area contributed by atoms with Crippen LogP contribution in [0.2, 0.25) is 0 Å². The van der Waals surface area contributed by atoms with Crippen LogP contribution in [-0.4, -0.2) is 54.7 Å². The number of rotatable bonds is 3. The van der Waals surface area contributed by atoms with E-state index in [1.54, 1.807) is 0 Å². The minimum atomic E-state index is 0.340. The molecular weight excluding hydrogens is 310 g/mol. The number of nitrogens with zero attached hydrogens (tertiary/aromatic N) is 4. The van der Waals surface area contributed by atoms with Crippen molar-refractivity contribution in [1.29, 1.82) is 5.41 Å². The monoisotopic (exact) mass is 335 g/mol. The molecule has 5 heteroatoms. The molecule has 1 aromatic carbocycles. The van der Waals surface area contributed by atoms with Crippen molar-refractivity contribution in [3.8, 4) is 0 Å². The lowest BCUT2D eigenvalue weighted by Gasteiger charge is -2.42. The molecule has 0 unspecified atom stereocenters. The number of aromatic nitrogens is 1. The third kappa shape index (κ3) is 3.11. The van der Waals surface area contributed by atoms with Crippen molar-refractivity contribution >= 4 is 28.3 Å². The molecule has 5 nitrogen and oxygen atoms in total. The Bertz CT molecular complexity index is 801. The maximum absolute atomic E-state index is 8.55. The third-order valence-electron chi connectivity index (χ3n) is 5.33. The summed E-state index contributed by atoms with van der Waals surface area (Å²) in [7, 11) is 1.82. The fourth-order valence-corrected chi connectivity index (χ4v) is 3.83. The van der Waals surface area contributed by atoms with Crippen molar-refractivity contribution in [2.45, 2.75) is 19.3 Å². The summed E-state index contributed by atoms with van der Waals surface area (Å²) in [6.07, 6.45) is 3.67. The highest BCUT2D eigenvalue weighted by Gasteiger charge is 2.35. The quantitative estimate of drug-likeness (QED) is 0.692. The number of pyridine rings is 1. The van der Waals surface area contributed by atoms with E-state index in [1.807, 2.05) is 19.2 Å². The number of likely N-dealkylation sites (tertiary alicyclic amines) is 1. The molecule has 130 valence electrons. The van der Waals surface area contributed by atoms with Crippen LogP contribution in [0.25, 0.3) is 10.9 Å². The van der Waals surface area contributed by atoms with E-state index < -0.39 is 0 Å². The van der Waals surface area contributed by atoms with Crippen molar-refractivity contribution in [3.05, 3.63) is 36.4 Å². The lowest BCUT2D eigenvalue weighted by molar-refractivity contribution is 0.342. The summed E-state index contributed by atoms with van der Waals surface area (Å²) in [4.78, 5) is 13.7. The fourth-order valence-electron chi connectivity index (χ4n) is 3.83. The number of hydrogen-bond acceptors (Lipinski definition) is 4. The van der Waals surface area contributed by atoms with Gasteiger partial charge in [-0.3, -0.25) is 10.4 Å². The molecule has 2 aliphatic heterocycles. The zero-order valence-electron chi connectivity index (χ0n) is 14.8. The molecule has 3 heterocycles. The van der Waals surface area contributed by atoms with Crippen LogP contribution >= 0.6 is 0 Å². The van der Waals surface area contributed by atoms with E-state index in [9.17, 15) is 0 Å². The topological polar surface area (TPSA) is 55.6 Å². The van der Waals surface area contributed by atoms with Gasteiger partial charge >= 0.3 is 0 Å². The summed E-state index contributed by atoms with van der Waals surface area (Å²) < 4.78 is 0. The van der Waals surface area contributed by atoms with Gasteiger partial charge in [-0.2, -0.15) is 0 Å². The van der Waals surface area contributed by atoms with Crippen LogP contribution in [0.15, 0.2) is 41.4 Å². The maximum atomic E-state index is 8.55. The van der Waals surface area contributed by atoms with Crippen LogP contribution in [0.1, 0.15) is 19.3 Å². The summed E-state index contributed by atoms with van der Waals surface area (Å²) in [6.45, 7) is 3.80. The zero-order chi connectivity index (χ0) is 17.2. The second-order valence-electron chi connectivity index (χ2n) is 6.97. The Morgan fingerprint density at radius 1 is 1.08 bits per heavy atom. The van der Waals surface area contributed by atoms with E-state index in [0.717, 1.165) is 43.2 Å². The predicted molar refractivity (Wildman–Crippen MR) is 104 cm³/mol. The smallest absolute Gasteiger partial charge is 0.142 e. The summed E-state index contributed by atoms with van der Waals surface area (Å²) in [5, 5.41) is 9.72. The lowest BCUT2D eigenvalue weighted by Crippen LogP contribution is -2.55. The highest BCUT2D eigenvalue weighted by Crippen LogP contribution is 2.27. The number of amidine groups is 1. The second-order valence-corrected chi connectivity index (χ2v) is 6.97. The molecule has 0 bridgehead atoms. The molecule has 0 aliphatic carbocycles. The van der Waals surface area contributed by atoms with Gasteiger partial charge in [0.25, 0.3) is 0 Å². The van der Waals surface area contributed by atoms with Crippen LogP contribution in [0.5, 0.6) is 0 Å². The lowest BCUT2D eigenvalue weighted by atomic mass is 9.92. The van der Waals surface area contributed by atoms with E-state index >= 15 is 0 Å². The van der Waals surface area contributed by atoms with Crippen LogP contribution in [0.4, 0.5) is 5.82 Å². The first-order chi connectivity index (χ1) is 12.3. The first-order valence-corrected chi connectivity index (χ1v) is 9.17. The second kappa shape index (κ2) is 6.82. The van der Waals surface area contributed by atoms with Crippen molar-refractivity contribution in [1.82, 2.24) is 9.88 Å². The molecule has 2 saturated heterocycles. The Labute approximate surface area is 148 Å². The van der Waals surface area contributed by atoms with Crippen LogP contribution < -0.4 is 4.90 Å². The van der Waals surface area contributed by atoms with Crippen molar-refractivity contribution in [2.24, 2.45) is 10.9 Å². The van der Waals surface area contributed by atoms with E-state index in [1.165, 1.54) is 24.6 Å². The number of piperidine rings is 1.